The van der Waals surface area contributed by atoms with Crippen LogP contribution < -0.4 is 10.6 Å². The second-order valence-corrected chi connectivity index (χ2v) is 16.4. The molecule has 61 heavy (non-hydrogen) atoms. The molecule has 0 bridgehead atoms. The Labute approximate surface area is 357 Å². The number of nitrogens with one attached hydrogen (secondary N) is 2. The lowest BCUT2D eigenvalue weighted by molar-refractivity contribution is -0.132. The molecule has 8 aromatic rings. The first-order chi connectivity index (χ1) is 29.4. The summed E-state index contributed by atoms with van der Waals surface area (Å²) in [6.07, 6.45) is -0.579. The Hall–Kier alpha value is -6.86. The second-order valence-electron chi connectivity index (χ2n) is 16.4. The van der Waals surface area contributed by atoms with E-state index in [1.54, 1.807) is 0 Å². The molecule has 0 aliphatic rings. The lowest BCUT2D eigenvalue weighted by atomic mass is 9.76. The normalized spacial score (nSPS) is 12.8. The molecule has 0 aromatic heterocycles. The van der Waals surface area contributed by atoms with Crippen LogP contribution in [-0.2, 0) is 20.8 Å². The third-order valence-corrected chi connectivity index (χ3v) is 11.9. The molecule has 0 fully saturated rings. The minimum Gasteiger partial charge on any atom is -0.378 e. The van der Waals surface area contributed by atoms with Gasteiger partial charge in [-0.25, -0.2) is 0 Å². The first-order valence-corrected chi connectivity index (χ1v) is 20.7. The molecule has 0 saturated heterocycles. The van der Waals surface area contributed by atoms with E-state index in [0.29, 0.717) is 33.4 Å². The number of carbonyl (C=O) groups is 2. The number of amides is 2. The number of rotatable bonds is 12. The highest BCUT2D eigenvalue weighted by Crippen LogP contribution is 2.44. The number of fused-ring (bicyclic) bond motifs is 2. The topological polar surface area (TPSA) is 98.7 Å². The van der Waals surface area contributed by atoms with E-state index in [1.165, 1.54) is 0 Å². The summed E-state index contributed by atoms with van der Waals surface area (Å²) in [7, 11) is 0. The van der Waals surface area contributed by atoms with Crippen molar-refractivity contribution in [3.05, 3.63) is 238 Å². The monoisotopic (exact) mass is 802 g/mol. The highest BCUT2D eigenvalue weighted by Gasteiger charge is 2.44. The zero-order valence-electron chi connectivity index (χ0n) is 34.9. The zero-order chi connectivity index (χ0) is 42.7. The summed E-state index contributed by atoms with van der Waals surface area (Å²) in [6.45, 7) is 7.94. The maximum atomic E-state index is 14.5. The van der Waals surface area contributed by atoms with E-state index in [4.69, 9.17) is 0 Å². The molecule has 0 saturated carbocycles. The molecule has 304 valence electrons. The predicted octanol–water partition coefficient (Wildman–Crippen LogP) is 10.5. The van der Waals surface area contributed by atoms with Gasteiger partial charge in [0.05, 0.1) is 12.1 Å². The molecule has 6 heteroatoms. The van der Waals surface area contributed by atoms with Crippen LogP contribution in [0.4, 0.5) is 0 Å². The molecule has 0 spiro atoms. The summed E-state index contributed by atoms with van der Waals surface area (Å²) in [4.78, 5) is 29.1. The molecule has 2 unspecified atom stereocenters. The molecule has 0 aliphatic heterocycles. The van der Waals surface area contributed by atoms with Crippen LogP contribution in [-0.4, -0.2) is 22.0 Å². The van der Waals surface area contributed by atoms with Gasteiger partial charge in [-0.15, -0.1) is 0 Å². The van der Waals surface area contributed by atoms with Gasteiger partial charge in [0.2, 0.25) is 11.8 Å². The van der Waals surface area contributed by atoms with Gasteiger partial charge in [-0.3, -0.25) is 9.59 Å². The largest absolute Gasteiger partial charge is 0.378 e. The van der Waals surface area contributed by atoms with E-state index in [-0.39, 0.29) is 0 Å². The number of hydrogen-bond donors (Lipinski definition) is 4. The summed E-state index contributed by atoms with van der Waals surface area (Å²) in [5.74, 6) is -1.19. The Kier molecular flexibility index (Phi) is 11.4. The molecule has 4 N–H and O–H groups in total. The van der Waals surface area contributed by atoms with E-state index in [2.05, 4.69) is 10.6 Å². The quantitative estimate of drug-likeness (QED) is 0.0925. The van der Waals surface area contributed by atoms with E-state index < -0.39 is 41.5 Å². The summed E-state index contributed by atoms with van der Waals surface area (Å²) >= 11 is 0. The van der Waals surface area contributed by atoms with Gasteiger partial charge in [-0.05, 0) is 94.8 Å². The fraction of sp³-hybridized carbons (Fsp3) is 0.164. The summed E-state index contributed by atoms with van der Waals surface area (Å²) in [5, 5.41) is 36.6. The molecule has 0 heterocycles. The number of hydrogen-bond acceptors (Lipinski definition) is 4. The number of carbonyl (C=O) groups excluding carboxylic acids is 2. The average Bonchev–Trinajstić information content (AvgIpc) is 3.27. The summed E-state index contributed by atoms with van der Waals surface area (Å²) < 4.78 is 0. The molecule has 0 radical (unpaired) electrons. The Morgan fingerprint density at radius 3 is 0.984 bits per heavy atom. The Balaban J connectivity index is 1.20. The van der Waals surface area contributed by atoms with Crippen LogP contribution in [0.25, 0.3) is 21.5 Å². The van der Waals surface area contributed by atoms with Crippen molar-refractivity contribution in [1.29, 1.82) is 0 Å². The number of aryl methyl sites for hydroxylation is 4. The minimum absolute atomic E-state index is 0.579. The van der Waals surface area contributed by atoms with Crippen LogP contribution >= 0.6 is 0 Å². The van der Waals surface area contributed by atoms with E-state index in [0.717, 1.165) is 43.8 Å². The van der Waals surface area contributed by atoms with Crippen molar-refractivity contribution in [2.45, 2.75) is 57.4 Å². The maximum absolute atomic E-state index is 14.5. The van der Waals surface area contributed by atoms with Crippen molar-refractivity contribution in [3.8, 4) is 0 Å². The molecule has 0 aliphatic carbocycles. The third kappa shape index (κ3) is 8.33. The van der Waals surface area contributed by atoms with Gasteiger partial charge in [-0.1, -0.05) is 192 Å². The van der Waals surface area contributed by atoms with Gasteiger partial charge in [0.1, 0.15) is 17.6 Å². The van der Waals surface area contributed by atoms with Gasteiger partial charge in [-0.2, -0.15) is 0 Å². The van der Waals surface area contributed by atoms with Gasteiger partial charge in [0.25, 0.3) is 0 Å². The average molecular weight is 803 g/mol. The maximum Gasteiger partial charge on any atom is 0.230 e. The standard InChI is InChI=1S/C55H50N2O4/c1-36-13-25-46(26-14-36)54(60,47-27-15-37(2)16-28-47)52(44-23-21-40-9-5-7-11-42(40)33-44)56-50(58)35-51(59)57-53(45-24-22-41-10-6-8-12-43(41)34-45)55(61,48-29-17-38(3)18-30-48)49-31-19-39(4)20-32-49/h5-34,52-53,60-61H,35H2,1-4H3,(H,56,58)(H,57,59). The van der Waals surface area contributed by atoms with Gasteiger partial charge in [0.15, 0.2) is 0 Å². The van der Waals surface area contributed by atoms with E-state index in [9.17, 15) is 19.8 Å². The number of benzene rings is 8. The highest BCUT2D eigenvalue weighted by molar-refractivity contribution is 5.97. The van der Waals surface area contributed by atoms with Gasteiger partial charge in [0, 0.05) is 0 Å². The van der Waals surface area contributed by atoms with Crippen molar-refractivity contribution in [2.75, 3.05) is 0 Å². The fourth-order valence-electron chi connectivity index (χ4n) is 8.43. The number of aliphatic hydroxyl groups is 2. The van der Waals surface area contributed by atoms with E-state index in [1.807, 2.05) is 210 Å². The van der Waals surface area contributed by atoms with Crippen LogP contribution in [0.3, 0.4) is 0 Å². The third-order valence-electron chi connectivity index (χ3n) is 11.9. The Morgan fingerprint density at radius 1 is 0.410 bits per heavy atom. The van der Waals surface area contributed by atoms with Crippen molar-refractivity contribution in [2.24, 2.45) is 0 Å². The summed E-state index contributed by atoms with van der Waals surface area (Å²) in [5.41, 5.74) is 4.27. The van der Waals surface area contributed by atoms with E-state index >= 15 is 0 Å². The predicted molar refractivity (Wildman–Crippen MR) is 245 cm³/mol. The van der Waals surface area contributed by atoms with Gasteiger partial charge >= 0.3 is 0 Å². The molecule has 2 atom stereocenters. The lowest BCUT2D eigenvalue weighted by Gasteiger charge is -2.39. The molecule has 8 aromatic carbocycles. The fourth-order valence-corrected chi connectivity index (χ4v) is 8.43. The van der Waals surface area contributed by atoms with Crippen molar-refractivity contribution in [3.63, 3.8) is 0 Å². The van der Waals surface area contributed by atoms with Crippen LogP contribution in [0.5, 0.6) is 0 Å². The van der Waals surface area contributed by atoms with Crippen molar-refractivity contribution >= 4 is 33.4 Å². The second kappa shape index (κ2) is 17.0. The SMILES string of the molecule is Cc1ccc(C(O)(c2ccc(C)cc2)C(NC(=O)CC(=O)NC(c2ccc3ccccc3c2)C(O)(c2ccc(C)cc2)c2ccc(C)cc2)c2ccc3ccccc3c2)cc1. The minimum atomic E-state index is -1.75. The smallest absolute Gasteiger partial charge is 0.230 e. The van der Waals surface area contributed by atoms with Gasteiger partial charge < -0.3 is 20.8 Å². The molecular formula is C55H50N2O4. The lowest BCUT2D eigenvalue weighted by Crippen LogP contribution is -2.48. The first kappa shape index (κ1) is 40.9. The van der Waals surface area contributed by atoms with Crippen LogP contribution in [0.15, 0.2) is 182 Å². The van der Waals surface area contributed by atoms with Crippen LogP contribution in [0, 0.1) is 27.7 Å². The molecule has 6 nitrogen and oxygen atoms in total. The highest BCUT2D eigenvalue weighted by atomic mass is 16.3. The Morgan fingerprint density at radius 2 is 0.689 bits per heavy atom. The van der Waals surface area contributed by atoms with Crippen molar-refractivity contribution < 1.29 is 19.8 Å². The molecular weight excluding hydrogens is 753 g/mol. The molecule has 2 amide bonds. The van der Waals surface area contributed by atoms with Crippen LogP contribution in [0.1, 0.15) is 74.1 Å². The first-order valence-electron chi connectivity index (χ1n) is 20.7. The summed E-state index contributed by atoms with van der Waals surface area (Å²) in [6, 6.07) is 56.2. The zero-order valence-corrected chi connectivity index (χ0v) is 34.9. The molecule has 8 rings (SSSR count). The van der Waals surface area contributed by atoms with Crippen LogP contribution in [0.2, 0.25) is 0 Å². The van der Waals surface area contributed by atoms with Crippen molar-refractivity contribution in [1.82, 2.24) is 10.6 Å². The Bertz CT molecular complexity index is 2540.